The van der Waals surface area contributed by atoms with E-state index in [1.165, 1.54) is 26.5 Å². The molecule has 5 heteroatoms. The Morgan fingerprint density at radius 1 is 1.21 bits per heavy atom. The van der Waals surface area contributed by atoms with Gasteiger partial charge in [0.2, 0.25) is 0 Å². The minimum atomic E-state index is -0.632. The van der Waals surface area contributed by atoms with Crippen molar-refractivity contribution in [1.82, 2.24) is 0 Å². The van der Waals surface area contributed by atoms with Crippen LogP contribution in [0.5, 0.6) is 11.5 Å². The lowest BCUT2D eigenvalue weighted by Gasteiger charge is -2.20. The van der Waals surface area contributed by atoms with Crippen molar-refractivity contribution < 1.29 is 23.8 Å². The van der Waals surface area contributed by atoms with E-state index in [2.05, 4.69) is 0 Å². The highest BCUT2D eigenvalue weighted by molar-refractivity contribution is 5.97. The molecule has 0 spiro atoms. The number of ketones is 1. The van der Waals surface area contributed by atoms with Crippen LogP contribution < -0.4 is 4.74 Å². The van der Waals surface area contributed by atoms with Crippen LogP contribution >= 0.6 is 0 Å². The molecule has 0 bridgehead atoms. The third-order valence-corrected chi connectivity index (χ3v) is 4.01. The number of hydrogen-bond donors (Lipinski definition) is 1. The zero-order valence-corrected chi connectivity index (χ0v) is 13.5. The smallest absolute Gasteiger partial charge is 0.165 e. The fourth-order valence-corrected chi connectivity index (χ4v) is 2.83. The number of ether oxygens (including phenoxy) is 2. The van der Waals surface area contributed by atoms with Gasteiger partial charge in [-0.3, -0.25) is 4.79 Å². The van der Waals surface area contributed by atoms with Crippen LogP contribution in [0.25, 0.3) is 11.0 Å². The van der Waals surface area contributed by atoms with Crippen LogP contribution in [-0.4, -0.2) is 25.1 Å². The lowest BCUT2D eigenvalue weighted by molar-refractivity contribution is 0.0712. The summed E-state index contributed by atoms with van der Waals surface area (Å²) in [6.45, 7) is 0. The minimum Gasteiger partial charge on any atom is -0.507 e. The van der Waals surface area contributed by atoms with E-state index in [9.17, 15) is 9.90 Å². The molecule has 124 valence electrons. The molecule has 0 saturated heterocycles. The molecule has 2 aromatic carbocycles. The average Bonchev–Trinajstić information content (AvgIpc) is 3.07. The van der Waals surface area contributed by atoms with Crippen molar-refractivity contribution in [3.05, 3.63) is 59.9 Å². The molecule has 1 atom stereocenters. The maximum atomic E-state index is 12.5. The number of furan rings is 1. The molecule has 0 amide bonds. The Bertz CT molecular complexity index is 851. The Kier molecular flexibility index (Phi) is 4.53. The molecule has 3 aromatic rings. The van der Waals surface area contributed by atoms with Crippen molar-refractivity contribution >= 4 is 16.8 Å². The van der Waals surface area contributed by atoms with Crippen LogP contribution in [0.15, 0.2) is 53.1 Å². The van der Waals surface area contributed by atoms with Crippen LogP contribution in [0.4, 0.5) is 0 Å². The number of carbonyl (C=O) groups is 1. The van der Waals surface area contributed by atoms with Crippen molar-refractivity contribution in [1.29, 1.82) is 0 Å². The van der Waals surface area contributed by atoms with Gasteiger partial charge in [0.1, 0.15) is 17.1 Å². The summed E-state index contributed by atoms with van der Waals surface area (Å²) in [5.41, 5.74) is 1.55. The van der Waals surface area contributed by atoms with E-state index < -0.39 is 6.10 Å². The Labute approximate surface area is 139 Å². The molecular formula is C19H18O5. The first-order chi connectivity index (χ1) is 11.7. The summed E-state index contributed by atoms with van der Waals surface area (Å²) in [6, 6.07) is 12.2. The van der Waals surface area contributed by atoms with E-state index in [0.717, 1.165) is 5.39 Å². The van der Waals surface area contributed by atoms with E-state index in [-0.39, 0.29) is 18.0 Å². The van der Waals surface area contributed by atoms with Gasteiger partial charge in [0.15, 0.2) is 5.78 Å². The van der Waals surface area contributed by atoms with Gasteiger partial charge in [-0.2, -0.15) is 0 Å². The highest BCUT2D eigenvalue weighted by atomic mass is 16.5. The Morgan fingerprint density at radius 3 is 2.62 bits per heavy atom. The predicted octanol–water partition coefficient (Wildman–Crippen LogP) is 4.11. The zero-order chi connectivity index (χ0) is 17.1. The summed E-state index contributed by atoms with van der Waals surface area (Å²) in [4.78, 5) is 12.5. The molecule has 5 nitrogen and oxygen atoms in total. The standard InChI is InChI=1S/C19H18O5/c1-22-17(10-14(20)12-6-4-3-5-7-12)18-15(21)11-16-13(8-9-24-16)19(18)23-2/h3-9,11,17,21H,10H2,1-2H3/t17-/m1/s1. The zero-order valence-electron chi connectivity index (χ0n) is 13.5. The maximum absolute atomic E-state index is 12.5. The van der Waals surface area contributed by atoms with Gasteiger partial charge in [-0.25, -0.2) is 0 Å². The van der Waals surface area contributed by atoms with E-state index in [1.54, 1.807) is 18.2 Å². The summed E-state index contributed by atoms with van der Waals surface area (Å²) < 4.78 is 16.3. The topological polar surface area (TPSA) is 68.9 Å². The number of benzene rings is 2. The molecule has 1 N–H and O–H groups in total. The molecule has 0 unspecified atom stereocenters. The highest BCUT2D eigenvalue weighted by Crippen LogP contribution is 2.43. The summed E-state index contributed by atoms with van der Waals surface area (Å²) >= 11 is 0. The normalized spacial score (nSPS) is 12.2. The van der Waals surface area contributed by atoms with E-state index in [1.807, 2.05) is 18.2 Å². The summed E-state index contributed by atoms with van der Waals surface area (Å²) in [7, 11) is 3.01. The number of phenols is 1. The van der Waals surface area contributed by atoms with Crippen molar-refractivity contribution in [3.8, 4) is 11.5 Å². The third-order valence-electron chi connectivity index (χ3n) is 4.01. The number of Topliss-reactive ketones (excluding diaryl/α,β-unsaturated/α-hetero) is 1. The van der Waals surface area contributed by atoms with Crippen LogP contribution in [0.2, 0.25) is 0 Å². The second kappa shape index (κ2) is 6.76. The molecule has 0 aliphatic heterocycles. The van der Waals surface area contributed by atoms with Crippen molar-refractivity contribution in [2.75, 3.05) is 14.2 Å². The van der Waals surface area contributed by atoms with Crippen molar-refractivity contribution in [3.63, 3.8) is 0 Å². The third kappa shape index (κ3) is 2.86. The lowest BCUT2D eigenvalue weighted by atomic mass is 9.97. The number of aromatic hydroxyl groups is 1. The van der Waals surface area contributed by atoms with Gasteiger partial charge in [0.25, 0.3) is 0 Å². The van der Waals surface area contributed by atoms with Gasteiger partial charge in [-0.1, -0.05) is 30.3 Å². The molecule has 0 aliphatic rings. The van der Waals surface area contributed by atoms with Crippen LogP contribution in [0.3, 0.4) is 0 Å². The fourth-order valence-electron chi connectivity index (χ4n) is 2.83. The summed E-state index contributed by atoms with van der Waals surface area (Å²) in [5.74, 6) is 0.352. The predicted molar refractivity (Wildman–Crippen MR) is 89.6 cm³/mol. The number of carbonyl (C=O) groups excluding carboxylic acids is 1. The first kappa shape index (κ1) is 16.1. The van der Waals surface area contributed by atoms with Gasteiger partial charge in [-0.05, 0) is 6.07 Å². The van der Waals surface area contributed by atoms with Gasteiger partial charge < -0.3 is 19.0 Å². The number of fused-ring (bicyclic) bond motifs is 1. The number of rotatable bonds is 6. The Morgan fingerprint density at radius 2 is 1.96 bits per heavy atom. The second-order valence-electron chi connectivity index (χ2n) is 5.39. The van der Waals surface area contributed by atoms with Crippen LogP contribution in [0, 0.1) is 0 Å². The minimum absolute atomic E-state index is 0.0259. The molecule has 3 rings (SSSR count). The van der Waals surface area contributed by atoms with Gasteiger partial charge in [0, 0.05) is 25.2 Å². The van der Waals surface area contributed by atoms with Crippen LogP contribution in [-0.2, 0) is 4.74 Å². The van der Waals surface area contributed by atoms with E-state index in [4.69, 9.17) is 13.9 Å². The van der Waals surface area contributed by atoms with E-state index in [0.29, 0.717) is 22.5 Å². The quantitative estimate of drug-likeness (QED) is 0.690. The molecule has 0 fully saturated rings. The lowest BCUT2D eigenvalue weighted by Crippen LogP contribution is -2.11. The highest BCUT2D eigenvalue weighted by Gasteiger charge is 2.26. The molecule has 1 heterocycles. The first-order valence-corrected chi connectivity index (χ1v) is 7.53. The molecule has 0 aliphatic carbocycles. The van der Waals surface area contributed by atoms with Gasteiger partial charge in [-0.15, -0.1) is 0 Å². The number of phenolic OH excluding ortho intramolecular Hbond substituents is 1. The monoisotopic (exact) mass is 326 g/mol. The molecule has 0 saturated carbocycles. The van der Waals surface area contributed by atoms with Gasteiger partial charge in [0.05, 0.1) is 30.4 Å². The fraction of sp³-hybridized carbons (Fsp3) is 0.211. The molecule has 24 heavy (non-hydrogen) atoms. The first-order valence-electron chi connectivity index (χ1n) is 7.53. The Balaban J connectivity index is 2.00. The largest absolute Gasteiger partial charge is 0.507 e. The summed E-state index contributed by atoms with van der Waals surface area (Å²) in [5, 5.41) is 11.1. The number of methoxy groups -OCH3 is 2. The molecule has 1 aromatic heterocycles. The number of hydrogen-bond acceptors (Lipinski definition) is 5. The van der Waals surface area contributed by atoms with Crippen molar-refractivity contribution in [2.24, 2.45) is 0 Å². The van der Waals surface area contributed by atoms with Crippen molar-refractivity contribution in [2.45, 2.75) is 12.5 Å². The Hall–Kier alpha value is -2.79. The molecule has 0 radical (unpaired) electrons. The van der Waals surface area contributed by atoms with E-state index >= 15 is 0 Å². The maximum Gasteiger partial charge on any atom is 0.165 e. The average molecular weight is 326 g/mol. The second-order valence-corrected chi connectivity index (χ2v) is 5.39. The summed E-state index contributed by atoms with van der Waals surface area (Å²) in [6.07, 6.45) is 0.980. The molecular weight excluding hydrogens is 308 g/mol. The van der Waals surface area contributed by atoms with Gasteiger partial charge >= 0.3 is 0 Å². The SMILES string of the molecule is COc1c([C@@H](CC(=O)c2ccccc2)OC)c(O)cc2occc12. The van der Waals surface area contributed by atoms with Crippen LogP contribution in [0.1, 0.15) is 28.4 Å².